The monoisotopic (exact) mass is 499 g/mol. The van der Waals surface area contributed by atoms with Crippen molar-refractivity contribution >= 4 is 24.0 Å². The van der Waals surface area contributed by atoms with E-state index in [0.717, 1.165) is 53.7 Å². The Kier molecular flexibility index (Phi) is 7.49. The van der Waals surface area contributed by atoms with Crippen LogP contribution < -0.4 is 9.64 Å². The van der Waals surface area contributed by atoms with E-state index in [9.17, 15) is 4.79 Å². The van der Waals surface area contributed by atoms with Crippen molar-refractivity contribution in [3.8, 4) is 11.9 Å². The molecule has 8 heteroatoms. The molecule has 0 unspecified atom stereocenters. The Morgan fingerprint density at radius 1 is 1.17 bits per heavy atom. The molecule has 36 heavy (non-hydrogen) atoms. The molecule has 0 radical (unpaired) electrons. The number of piperazine rings is 1. The van der Waals surface area contributed by atoms with Crippen LogP contribution in [0, 0.1) is 17.2 Å². The Hall–Kier alpha value is -3.41. The van der Waals surface area contributed by atoms with E-state index in [1.165, 1.54) is 24.6 Å². The van der Waals surface area contributed by atoms with Gasteiger partial charge in [-0.3, -0.25) is 9.69 Å². The second kappa shape index (κ2) is 11.1. The molecule has 1 saturated heterocycles. The van der Waals surface area contributed by atoms with Crippen LogP contribution in [0.4, 0.5) is 5.95 Å². The molecular weight excluding hydrogens is 470 g/mol. The fraction of sp³-hybridized carbons (Fsp3) is 0.357. The van der Waals surface area contributed by atoms with Crippen LogP contribution in [0.1, 0.15) is 41.3 Å². The Morgan fingerprint density at radius 3 is 2.64 bits per heavy atom. The minimum Gasteiger partial charge on any atom is -0.472 e. The Labute approximate surface area is 216 Å². The number of carbonyl (C=O) groups excluding carboxylic acids is 1. The standard InChI is InChI=1S/C28H29N5O2S/c1-20(24-7-8-24)32-11-13-33(14-12-32)28-30-17-26(36-25-9-5-21(16-29)6-10-25)27(31-28)35-19-23-4-2-3-22(15-23)18-34/h2-6,9-10,15,17-18,20,24H,7-8,11-14,19H2,1H3/t20-/m0/s1. The largest absolute Gasteiger partial charge is 0.472 e. The highest BCUT2D eigenvalue weighted by Gasteiger charge is 2.33. The normalized spacial score (nSPS) is 16.8. The number of hydrogen-bond donors (Lipinski definition) is 0. The summed E-state index contributed by atoms with van der Waals surface area (Å²) in [5.41, 5.74) is 2.13. The van der Waals surface area contributed by atoms with Crippen LogP contribution in [0.5, 0.6) is 5.88 Å². The molecule has 5 rings (SSSR count). The number of anilines is 1. The van der Waals surface area contributed by atoms with Crippen molar-refractivity contribution in [2.24, 2.45) is 5.92 Å². The highest BCUT2D eigenvalue weighted by atomic mass is 32.2. The lowest BCUT2D eigenvalue weighted by Crippen LogP contribution is -2.50. The van der Waals surface area contributed by atoms with E-state index in [1.807, 2.05) is 36.5 Å². The van der Waals surface area contributed by atoms with Crippen LogP contribution in [-0.2, 0) is 6.61 Å². The smallest absolute Gasteiger partial charge is 0.232 e. The topological polar surface area (TPSA) is 82.4 Å². The van der Waals surface area contributed by atoms with Gasteiger partial charge in [0.25, 0.3) is 0 Å². The van der Waals surface area contributed by atoms with Crippen LogP contribution >= 0.6 is 11.8 Å². The lowest BCUT2D eigenvalue weighted by molar-refractivity contribution is 0.112. The summed E-state index contributed by atoms with van der Waals surface area (Å²) in [5, 5.41) is 9.08. The number of ether oxygens (including phenoxy) is 1. The van der Waals surface area contributed by atoms with E-state index in [4.69, 9.17) is 15.0 Å². The highest BCUT2D eigenvalue weighted by Crippen LogP contribution is 2.37. The van der Waals surface area contributed by atoms with Crippen molar-refractivity contribution in [1.82, 2.24) is 14.9 Å². The molecule has 7 nitrogen and oxygen atoms in total. The minimum atomic E-state index is 0.297. The van der Waals surface area contributed by atoms with Gasteiger partial charge in [0, 0.05) is 42.7 Å². The molecule has 184 valence electrons. The third kappa shape index (κ3) is 5.86. The van der Waals surface area contributed by atoms with Crippen LogP contribution in [-0.4, -0.2) is 53.4 Å². The lowest BCUT2D eigenvalue weighted by Gasteiger charge is -2.38. The number of hydrogen-bond acceptors (Lipinski definition) is 8. The third-order valence-electron chi connectivity index (χ3n) is 6.86. The molecule has 2 fully saturated rings. The van der Waals surface area contributed by atoms with Gasteiger partial charge in [0.05, 0.1) is 22.7 Å². The third-order valence-corrected chi connectivity index (χ3v) is 7.87. The summed E-state index contributed by atoms with van der Waals surface area (Å²) in [7, 11) is 0. The fourth-order valence-electron chi connectivity index (χ4n) is 4.51. The van der Waals surface area contributed by atoms with Crippen molar-refractivity contribution < 1.29 is 9.53 Å². The van der Waals surface area contributed by atoms with Gasteiger partial charge in [0.1, 0.15) is 12.9 Å². The van der Waals surface area contributed by atoms with Gasteiger partial charge < -0.3 is 9.64 Å². The molecule has 3 aromatic rings. The summed E-state index contributed by atoms with van der Waals surface area (Å²) in [6.07, 6.45) is 5.38. The molecule has 2 aromatic carbocycles. The first-order valence-corrected chi connectivity index (χ1v) is 13.2. The van der Waals surface area contributed by atoms with Gasteiger partial charge in [0.15, 0.2) is 0 Å². The van der Waals surface area contributed by atoms with Gasteiger partial charge in [-0.2, -0.15) is 10.2 Å². The summed E-state index contributed by atoms with van der Waals surface area (Å²) >= 11 is 1.50. The molecule has 2 heterocycles. The summed E-state index contributed by atoms with van der Waals surface area (Å²) in [4.78, 5) is 27.3. The van der Waals surface area contributed by atoms with E-state index in [1.54, 1.807) is 18.2 Å². The zero-order valence-electron chi connectivity index (χ0n) is 20.3. The average Bonchev–Trinajstić information content (AvgIpc) is 3.78. The van der Waals surface area contributed by atoms with Crippen molar-refractivity contribution in [2.45, 2.75) is 42.2 Å². The van der Waals surface area contributed by atoms with Crippen LogP contribution in [0.2, 0.25) is 0 Å². The summed E-state index contributed by atoms with van der Waals surface area (Å²) in [6.45, 7) is 6.45. The Balaban J connectivity index is 1.34. The van der Waals surface area contributed by atoms with Gasteiger partial charge >= 0.3 is 0 Å². The summed E-state index contributed by atoms with van der Waals surface area (Å²) in [5.74, 6) is 2.05. The van der Waals surface area contributed by atoms with Crippen LogP contribution in [0.3, 0.4) is 0 Å². The maximum Gasteiger partial charge on any atom is 0.232 e. The first kappa shape index (κ1) is 24.3. The van der Waals surface area contributed by atoms with E-state index < -0.39 is 0 Å². The van der Waals surface area contributed by atoms with Crippen molar-refractivity contribution in [3.05, 3.63) is 71.4 Å². The van der Waals surface area contributed by atoms with E-state index >= 15 is 0 Å². The van der Waals surface area contributed by atoms with Gasteiger partial charge in [0.2, 0.25) is 11.8 Å². The molecule has 1 aromatic heterocycles. The first-order valence-electron chi connectivity index (χ1n) is 12.3. The second-order valence-corrected chi connectivity index (χ2v) is 10.4. The molecule has 0 bridgehead atoms. The number of aromatic nitrogens is 2. The van der Waals surface area contributed by atoms with Crippen LogP contribution in [0.25, 0.3) is 0 Å². The van der Waals surface area contributed by atoms with E-state index in [-0.39, 0.29) is 0 Å². The number of nitrogens with zero attached hydrogens (tertiary/aromatic N) is 5. The molecular formula is C28H29N5O2S. The predicted molar refractivity (Wildman–Crippen MR) is 139 cm³/mol. The maximum absolute atomic E-state index is 11.2. The number of rotatable bonds is 9. The van der Waals surface area contributed by atoms with Crippen molar-refractivity contribution in [2.75, 3.05) is 31.1 Å². The maximum atomic E-state index is 11.2. The molecule has 1 saturated carbocycles. The van der Waals surface area contributed by atoms with Gasteiger partial charge in [-0.15, -0.1) is 0 Å². The van der Waals surface area contributed by atoms with Gasteiger partial charge in [-0.1, -0.05) is 30.0 Å². The van der Waals surface area contributed by atoms with Gasteiger partial charge in [-0.25, -0.2) is 4.98 Å². The Morgan fingerprint density at radius 2 is 1.94 bits per heavy atom. The number of carbonyl (C=O) groups is 1. The Bertz CT molecular complexity index is 1250. The summed E-state index contributed by atoms with van der Waals surface area (Å²) in [6, 6.07) is 17.6. The second-order valence-electron chi connectivity index (χ2n) is 9.33. The molecule has 2 aliphatic rings. The predicted octanol–water partition coefficient (Wildman–Crippen LogP) is 4.81. The average molecular weight is 500 g/mol. The van der Waals surface area contributed by atoms with Crippen molar-refractivity contribution in [1.29, 1.82) is 5.26 Å². The molecule has 1 atom stereocenters. The molecule has 1 aliphatic heterocycles. The molecule has 0 amide bonds. The zero-order valence-corrected chi connectivity index (χ0v) is 21.2. The summed E-state index contributed by atoms with van der Waals surface area (Å²) < 4.78 is 6.19. The van der Waals surface area contributed by atoms with E-state index in [0.29, 0.717) is 35.6 Å². The molecule has 0 spiro atoms. The van der Waals surface area contributed by atoms with E-state index in [2.05, 4.69) is 27.8 Å². The highest BCUT2D eigenvalue weighted by molar-refractivity contribution is 7.99. The van der Waals surface area contributed by atoms with Crippen LogP contribution in [0.15, 0.2) is 64.5 Å². The number of benzene rings is 2. The molecule has 0 N–H and O–H groups in total. The lowest BCUT2D eigenvalue weighted by atomic mass is 10.1. The van der Waals surface area contributed by atoms with Gasteiger partial charge in [-0.05, 0) is 61.6 Å². The fourth-order valence-corrected chi connectivity index (χ4v) is 5.33. The zero-order chi connectivity index (χ0) is 24.9. The SMILES string of the molecule is C[C@@H](C1CC1)N1CCN(c2ncc(Sc3ccc(C#N)cc3)c(OCc3cccc(C=O)c3)n2)CC1. The number of nitriles is 1. The van der Waals surface area contributed by atoms with Crippen molar-refractivity contribution in [3.63, 3.8) is 0 Å². The number of aldehydes is 1. The molecule has 1 aliphatic carbocycles. The first-order chi connectivity index (χ1) is 17.6. The quantitative estimate of drug-likeness (QED) is 0.388. The minimum absolute atomic E-state index is 0.297.